The van der Waals surface area contributed by atoms with Crippen LogP contribution in [0.2, 0.25) is 0 Å². The summed E-state index contributed by atoms with van der Waals surface area (Å²) >= 11 is 0. The first kappa shape index (κ1) is 17.1. The third-order valence-electron chi connectivity index (χ3n) is 3.69. The summed E-state index contributed by atoms with van der Waals surface area (Å²) in [4.78, 5) is 32.7. The zero-order valence-electron chi connectivity index (χ0n) is 13.3. The van der Waals surface area contributed by atoms with Crippen LogP contribution < -0.4 is 14.8 Å². The Morgan fingerprint density at radius 2 is 1.73 bits per heavy atom. The highest BCUT2D eigenvalue weighted by Crippen LogP contribution is 2.31. The van der Waals surface area contributed by atoms with Crippen LogP contribution in [-0.4, -0.2) is 35.4 Å². The normalized spacial score (nSPS) is 12.3. The van der Waals surface area contributed by atoms with Crippen molar-refractivity contribution in [3.63, 3.8) is 0 Å². The molecule has 0 spiro atoms. The minimum Gasteiger partial charge on any atom is -0.486 e. The first-order valence-corrected chi connectivity index (χ1v) is 7.55. The molecule has 0 fully saturated rings. The number of ketones is 1. The van der Waals surface area contributed by atoms with Crippen LogP contribution in [0, 0.1) is 20.2 Å². The van der Waals surface area contributed by atoms with Gasteiger partial charge in [0.1, 0.15) is 18.9 Å². The zero-order chi connectivity index (χ0) is 18.7. The van der Waals surface area contributed by atoms with E-state index in [-0.39, 0.29) is 18.0 Å². The number of rotatable bonds is 6. The van der Waals surface area contributed by atoms with Crippen molar-refractivity contribution in [3.8, 4) is 11.5 Å². The molecule has 10 heteroatoms. The predicted octanol–water partition coefficient (Wildman–Crippen LogP) is 2.57. The van der Waals surface area contributed by atoms with Crippen LogP contribution in [0.15, 0.2) is 36.4 Å². The maximum absolute atomic E-state index is 12.3. The maximum Gasteiger partial charge on any atom is 0.299 e. The minimum atomic E-state index is -0.746. The van der Waals surface area contributed by atoms with Gasteiger partial charge in [0.05, 0.1) is 22.5 Å². The minimum absolute atomic E-state index is 0.0199. The standard InChI is InChI=1S/C16H13N3O7/c20-14(10-1-4-15-16(7-10)26-6-5-25-15)9-17-12-3-2-11(18(21)22)8-13(12)19(23)24/h1-4,7-8,17H,5-6,9H2. The number of nitrogens with one attached hydrogen (secondary N) is 1. The van der Waals surface area contributed by atoms with Crippen LogP contribution in [0.4, 0.5) is 17.1 Å². The Labute approximate surface area is 146 Å². The molecular formula is C16H13N3O7. The predicted molar refractivity (Wildman–Crippen MR) is 90.0 cm³/mol. The number of nitrogens with zero attached hydrogens (tertiary/aromatic N) is 2. The number of carbonyl (C=O) groups excluding carboxylic acids is 1. The summed E-state index contributed by atoms with van der Waals surface area (Å²) in [5.41, 5.74) is -0.507. The van der Waals surface area contributed by atoms with Crippen LogP contribution in [-0.2, 0) is 0 Å². The molecule has 2 aromatic carbocycles. The number of anilines is 1. The highest BCUT2D eigenvalue weighted by molar-refractivity contribution is 5.99. The van der Waals surface area contributed by atoms with Gasteiger partial charge in [-0.1, -0.05) is 0 Å². The third kappa shape index (κ3) is 3.53. The van der Waals surface area contributed by atoms with Gasteiger partial charge in [0, 0.05) is 11.6 Å². The largest absolute Gasteiger partial charge is 0.486 e. The number of nitro groups is 2. The number of hydrogen-bond acceptors (Lipinski definition) is 8. The Bertz CT molecular complexity index is 897. The first-order chi connectivity index (χ1) is 12.5. The van der Waals surface area contributed by atoms with Crippen molar-refractivity contribution in [2.24, 2.45) is 0 Å². The lowest BCUT2D eigenvalue weighted by Gasteiger charge is -2.18. The van der Waals surface area contributed by atoms with Crippen molar-refractivity contribution in [3.05, 3.63) is 62.2 Å². The van der Waals surface area contributed by atoms with Gasteiger partial charge in [0.25, 0.3) is 11.4 Å². The summed E-state index contributed by atoms with van der Waals surface area (Å²) in [6.07, 6.45) is 0. The van der Waals surface area contributed by atoms with E-state index in [0.717, 1.165) is 12.1 Å². The molecule has 1 aliphatic heterocycles. The first-order valence-electron chi connectivity index (χ1n) is 7.55. The summed E-state index contributed by atoms with van der Waals surface area (Å²) in [5, 5.41) is 24.5. The smallest absolute Gasteiger partial charge is 0.299 e. The van der Waals surface area contributed by atoms with E-state index in [1.165, 1.54) is 6.07 Å². The molecule has 26 heavy (non-hydrogen) atoms. The molecule has 1 N–H and O–H groups in total. The Morgan fingerprint density at radius 3 is 2.42 bits per heavy atom. The lowest BCUT2D eigenvalue weighted by Crippen LogP contribution is -2.18. The molecule has 0 atom stereocenters. The Balaban J connectivity index is 1.75. The monoisotopic (exact) mass is 359 g/mol. The van der Waals surface area contributed by atoms with Crippen LogP contribution in [0.5, 0.6) is 11.5 Å². The Morgan fingerprint density at radius 1 is 1.00 bits per heavy atom. The number of non-ortho nitro benzene ring substituents is 1. The Kier molecular flexibility index (Phi) is 4.65. The number of hydrogen-bond donors (Lipinski definition) is 1. The molecule has 0 amide bonds. The van der Waals surface area contributed by atoms with Crippen LogP contribution in [0.25, 0.3) is 0 Å². The van der Waals surface area contributed by atoms with Crippen LogP contribution in [0.1, 0.15) is 10.4 Å². The van der Waals surface area contributed by atoms with Gasteiger partial charge >= 0.3 is 0 Å². The molecule has 0 aliphatic carbocycles. The quantitative estimate of drug-likeness (QED) is 0.472. The third-order valence-corrected chi connectivity index (χ3v) is 3.69. The van der Waals surface area contributed by atoms with Gasteiger partial charge in [-0.3, -0.25) is 25.0 Å². The van der Waals surface area contributed by atoms with E-state index in [4.69, 9.17) is 9.47 Å². The van der Waals surface area contributed by atoms with Gasteiger partial charge in [-0.2, -0.15) is 0 Å². The lowest BCUT2D eigenvalue weighted by molar-refractivity contribution is -0.393. The molecule has 0 saturated heterocycles. The molecule has 134 valence electrons. The molecule has 1 heterocycles. The van der Waals surface area contributed by atoms with E-state index >= 15 is 0 Å². The van der Waals surface area contributed by atoms with Crippen molar-refractivity contribution in [2.45, 2.75) is 0 Å². The molecule has 2 aromatic rings. The van der Waals surface area contributed by atoms with E-state index in [1.54, 1.807) is 18.2 Å². The van der Waals surface area contributed by atoms with Gasteiger partial charge in [0.15, 0.2) is 17.3 Å². The zero-order valence-corrected chi connectivity index (χ0v) is 13.3. The highest BCUT2D eigenvalue weighted by atomic mass is 16.6. The molecule has 0 aromatic heterocycles. The number of ether oxygens (including phenoxy) is 2. The topological polar surface area (TPSA) is 134 Å². The van der Waals surface area contributed by atoms with E-state index in [0.29, 0.717) is 30.3 Å². The van der Waals surface area contributed by atoms with Crippen molar-refractivity contribution in [2.75, 3.05) is 25.1 Å². The summed E-state index contributed by atoms with van der Waals surface area (Å²) in [7, 11) is 0. The fourth-order valence-corrected chi connectivity index (χ4v) is 2.43. The molecule has 0 bridgehead atoms. The number of Topliss-reactive ketones (excluding diaryl/α,β-unsaturated/α-hetero) is 1. The molecule has 10 nitrogen and oxygen atoms in total. The molecule has 3 rings (SSSR count). The molecule has 0 unspecified atom stereocenters. The molecule has 0 radical (unpaired) electrons. The fourth-order valence-electron chi connectivity index (χ4n) is 2.43. The van der Waals surface area contributed by atoms with Gasteiger partial charge < -0.3 is 14.8 Å². The second-order valence-corrected chi connectivity index (χ2v) is 5.35. The van der Waals surface area contributed by atoms with Crippen molar-refractivity contribution < 1.29 is 24.1 Å². The van der Waals surface area contributed by atoms with Gasteiger partial charge in [-0.25, -0.2) is 0 Å². The van der Waals surface area contributed by atoms with Gasteiger partial charge in [-0.05, 0) is 24.3 Å². The summed E-state index contributed by atoms with van der Waals surface area (Å²) in [5.74, 6) is 0.685. The van der Waals surface area contributed by atoms with E-state index < -0.39 is 21.2 Å². The maximum atomic E-state index is 12.3. The highest BCUT2D eigenvalue weighted by Gasteiger charge is 2.20. The molecular weight excluding hydrogens is 346 g/mol. The Hall–Kier alpha value is -3.69. The number of nitro benzene ring substituents is 2. The van der Waals surface area contributed by atoms with Gasteiger partial charge in [0.2, 0.25) is 0 Å². The van der Waals surface area contributed by atoms with Crippen LogP contribution >= 0.6 is 0 Å². The summed E-state index contributed by atoms with van der Waals surface area (Å²) in [6.45, 7) is 0.599. The number of carbonyl (C=O) groups is 1. The summed E-state index contributed by atoms with van der Waals surface area (Å²) < 4.78 is 10.8. The van der Waals surface area contributed by atoms with E-state index in [2.05, 4.69) is 5.32 Å². The second-order valence-electron chi connectivity index (χ2n) is 5.35. The molecule has 0 saturated carbocycles. The van der Waals surface area contributed by atoms with Crippen molar-refractivity contribution in [1.29, 1.82) is 0 Å². The van der Waals surface area contributed by atoms with E-state index in [9.17, 15) is 25.0 Å². The van der Waals surface area contributed by atoms with E-state index in [1.807, 2.05) is 0 Å². The second kappa shape index (κ2) is 7.05. The van der Waals surface area contributed by atoms with Crippen molar-refractivity contribution >= 4 is 22.8 Å². The lowest BCUT2D eigenvalue weighted by atomic mass is 10.1. The number of benzene rings is 2. The average molecular weight is 359 g/mol. The van der Waals surface area contributed by atoms with Crippen molar-refractivity contribution in [1.82, 2.24) is 0 Å². The fraction of sp³-hybridized carbons (Fsp3) is 0.188. The SMILES string of the molecule is O=C(CNc1ccc([N+](=O)[O-])cc1[N+](=O)[O-])c1ccc2c(c1)OCCO2. The molecule has 1 aliphatic rings. The number of fused-ring (bicyclic) bond motifs is 1. The van der Waals surface area contributed by atoms with Gasteiger partial charge in [-0.15, -0.1) is 0 Å². The summed E-state index contributed by atoms with van der Waals surface area (Å²) in [6, 6.07) is 7.91. The average Bonchev–Trinajstić information content (AvgIpc) is 2.65. The van der Waals surface area contributed by atoms with Crippen LogP contribution in [0.3, 0.4) is 0 Å².